The average Bonchev–Trinajstić information content (AvgIpc) is 2.95. The fourth-order valence-electron chi connectivity index (χ4n) is 4.52. The molecule has 1 aliphatic heterocycles. The molecule has 0 spiro atoms. The first-order chi connectivity index (χ1) is 9.53. The third-order valence-electron chi connectivity index (χ3n) is 5.73. The minimum Gasteiger partial charge on any atom is -0.508 e. The Morgan fingerprint density at radius 3 is 2.75 bits per heavy atom. The Balaban J connectivity index is 1.90. The van der Waals surface area contributed by atoms with Crippen LogP contribution >= 0.6 is 0 Å². The number of fused-ring (bicyclic) bond motifs is 3. The van der Waals surface area contributed by atoms with E-state index in [-0.39, 0.29) is 11.2 Å². The molecule has 2 unspecified atom stereocenters. The van der Waals surface area contributed by atoms with Crippen molar-refractivity contribution in [3.63, 3.8) is 0 Å². The van der Waals surface area contributed by atoms with Crippen molar-refractivity contribution in [1.29, 1.82) is 0 Å². The zero-order valence-corrected chi connectivity index (χ0v) is 11.9. The molecule has 2 fully saturated rings. The first-order valence-corrected chi connectivity index (χ1v) is 7.16. The Morgan fingerprint density at radius 2 is 1.95 bits per heavy atom. The van der Waals surface area contributed by atoms with Crippen LogP contribution in [0.2, 0.25) is 0 Å². The number of aliphatic hydroxyl groups is 1. The van der Waals surface area contributed by atoms with E-state index in [9.17, 15) is 5.11 Å². The molecule has 4 aliphatic rings. The molecule has 1 aromatic rings. The highest BCUT2D eigenvalue weighted by Gasteiger charge is 2.81. The second-order valence-electron chi connectivity index (χ2n) is 6.43. The number of hydrogen-bond donors (Lipinski definition) is 1. The fraction of sp³-hybridized carbons (Fsp3) is 0.333. The molecule has 0 amide bonds. The van der Waals surface area contributed by atoms with Crippen LogP contribution in [-0.4, -0.2) is 10.7 Å². The lowest BCUT2D eigenvalue weighted by Crippen LogP contribution is -2.27. The molecule has 2 atom stereocenters. The van der Waals surface area contributed by atoms with E-state index in [0.29, 0.717) is 5.76 Å². The number of hydrogen-bond acceptors (Lipinski definition) is 2. The van der Waals surface area contributed by atoms with E-state index in [0.717, 1.165) is 17.6 Å². The summed E-state index contributed by atoms with van der Waals surface area (Å²) in [6.45, 7) is 6.35. The molecular formula is C18H16O2. The van der Waals surface area contributed by atoms with Crippen LogP contribution in [0.15, 0.2) is 40.7 Å². The zero-order chi connectivity index (χ0) is 13.9. The lowest BCUT2D eigenvalue weighted by Gasteiger charge is -2.26. The highest BCUT2D eigenvalue weighted by molar-refractivity contribution is 5.79. The summed E-state index contributed by atoms with van der Waals surface area (Å²) in [4.78, 5) is 0. The van der Waals surface area contributed by atoms with Crippen molar-refractivity contribution in [2.45, 2.75) is 38.4 Å². The third kappa shape index (κ3) is 0.805. The van der Waals surface area contributed by atoms with Gasteiger partial charge < -0.3 is 9.84 Å². The molecule has 1 saturated carbocycles. The van der Waals surface area contributed by atoms with Crippen LogP contribution < -0.4 is 0 Å². The molecular weight excluding hydrogens is 248 g/mol. The molecule has 2 bridgehead atoms. The fourth-order valence-corrected chi connectivity index (χ4v) is 4.52. The monoisotopic (exact) mass is 264 g/mol. The van der Waals surface area contributed by atoms with Crippen molar-refractivity contribution < 1.29 is 9.84 Å². The van der Waals surface area contributed by atoms with Crippen LogP contribution in [0.25, 0.3) is 6.08 Å². The van der Waals surface area contributed by atoms with E-state index in [1.54, 1.807) is 0 Å². The summed E-state index contributed by atoms with van der Waals surface area (Å²) in [5.74, 6) is 0.464. The van der Waals surface area contributed by atoms with Crippen molar-refractivity contribution in [2.24, 2.45) is 0 Å². The second kappa shape index (κ2) is 2.79. The van der Waals surface area contributed by atoms with Crippen LogP contribution in [-0.2, 0) is 10.3 Å². The normalized spacial score (nSPS) is 35.4. The Kier molecular flexibility index (Phi) is 1.53. The van der Waals surface area contributed by atoms with Gasteiger partial charge in [-0.25, -0.2) is 0 Å². The summed E-state index contributed by atoms with van der Waals surface area (Å²) < 4.78 is 6.32. The van der Waals surface area contributed by atoms with Gasteiger partial charge in [0.25, 0.3) is 0 Å². The van der Waals surface area contributed by atoms with Gasteiger partial charge in [-0.3, -0.25) is 0 Å². The largest absolute Gasteiger partial charge is 0.508 e. The topological polar surface area (TPSA) is 32.8 Å². The molecule has 1 heterocycles. The maximum atomic E-state index is 10.3. The van der Waals surface area contributed by atoms with Gasteiger partial charge in [0.15, 0.2) is 11.2 Å². The second-order valence-corrected chi connectivity index (χ2v) is 6.43. The van der Waals surface area contributed by atoms with E-state index in [1.165, 1.54) is 27.8 Å². The van der Waals surface area contributed by atoms with Crippen molar-refractivity contribution in [1.82, 2.24) is 0 Å². The minimum absolute atomic E-state index is 0.307. The highest BCUT2D eigenvalue weighted by Crippen LogP contribution is 2.77. The van der Waals surface area contributed by atoms with E-state index in [2.05, 4.69) is 38.1 Å². The van der Waals surface area contributed by atoms with E-state index in [4.69, 9.17) is 4.74 Å². The number of rotatable bonds is 0. The summed E-state index contributed by atoms with van der Waals surface area (Å²) >= 11 is 0. The van der Waals surface area contributed by atoms with Gasteiger partial charge in [-0.1, -0.05) is 18.2 Å². The number of ether oxygens (including phenoxy) is 1. The van der Waals surface area contributed by atoms with Crippen LogP contribution in [0.4, 0.5) is 0 Å². The van der Waals surface area contributed by atoms with Gasteiger partial charge in [0.2, 0.25) is 0 Å². The Hall–Kier alpha value is -1.80. The Bertz CT molecular complexity index is 809. The quantitative estimate of drug-likeness (QED) is 0.722. The van der Waals surface area contributed by atoms with Crippen molar-refractivity contribution in [3.8, 4) is 0 Å². The number of aryl methyl sites for hydroxylation is 1. The lowest BCUT2D eigenvalue weighted by atomic mass is 9.73. The van der Waals surface area contributed by atoms with E-state index < -0.39 is 0 Å². The van der Waals surface area contributed by atoms with Gasteiger partial charge in [0.05, 0.1) is 0 Å². The van der Waals surface area contributed by atoms with Gasteiger partial charge >= 0.3 is 0 Å². The van der Waals surface area contributed by atoms with Gasteiger partial charge in [-0.05, 0) is 54.7 Å². The first kappa shape index (κ1) is 10.9. The minimum atomic E-state index is -0.378. The molecule has 100 valence electrons. The maximum Gasteiger partial charge on any atom is 0.154 e. The van der Waals surface area contributed by atoms with Crippen molar-refractivity contribution >= 4 is 6.08 Å². The molecule has 2 heteroatoms. The molecule has 20 heavy (non-hydrogen) atoms. The summed E-state index contributed by atoms with van der Waals surface area (Å²) in [5.41, 5.74) is 7.87. The van der Waals surface area contributed by atoms with E-state index in [1.807, 2.05) is 6.92 Å². The summed E-state index contributed by atoms with van der Waals surface area (Å²) in [6.07, 6.45) is 5.17. The zero-order valence-electron chi connectivity index (χ0n) is 11.9. The standard InChI is InChI=1S/C18H16O2/c1-9-4-5-12-6-7-17-14-8-13(11(3)16(14)19)18(17,20-17)15(12)10(9)2/h4-7,19H,8H2,1-3H3. The molecule has 3 aliphatic carbocycles. The van der Waals surface area contributed by atoms with Crippen LogP contribution in [0.1, 0.15) is 35.6 Å². The maximum absolute atomic E-state index is 10.3. The summed E-state index contributed by atoms with van der Waals surface area (Å²) in [5, 5.41) is 10.3. The molecule has 0 aromatic heterocycles. The van der Waals surface area contributed by atoms with Crippen molar-refractivity contribution in [2.75, 3.05) is 0 Å². The first-order valence-electron chi connectivity index (χ1n) is 7.16. The van der Waals surface area contributed by atoms with E-state index >= 15 is 0 Å². The molecule has 0 radical (unpaired) electrons. The van der Waals surface area contributed by atoms with Gasteiger partial charge in [0.1, 0.15) is 5.76 Å². The Labute approximate surface area is 118 Å². The van der Waals surface area contributed by atoms with Gasteiger partial charge in [0, 0.05) is 17.6 Å². The van der Waals surface area contributed by atoms with Crippen LogP contribution in [0, 0.1) is 13.8 Å². The highest BCUT2D eigenvalue weighted by atomic mass is 16.6. The number of benzene rings is 1. The predicted octanol–water partition coefficient (Wildman–Crippen LogP) is 3.84. The lowest BCUT2D eigenvalue weighted by molar-refractivity contribution is 0.296. The smallest absolute Gasteiger partial charge is 0.154 e. The molecule has 1 N–H and O–H groups in total. The Morgan fingerprint density at radius 1 is 1.15 bits per heavy atom. The molecule has 1 saturated heterocycles. The third-order valence-corrected chi connectivity index (χ3v) is 5.73. The number of aliphatic hydroxyl groups excluding tert-OH is 1. The van der Waals surface area contributed by atoms with Crippen molar-refractivity contribution in [3.05, 3.63) is 62.9 Å². The van der Waals surface area contributed by atoms with Gasteiger partial charge in [-0.2, -0.15) is 0 Å². The predicted molar refractivity (Wildman–Crippen MR) is 77.4 cm³/mol. The number of allylic oxidation sites excluding steroid dienone is 1. The molecule has 2 nitrogen and oxygen atoms in total. The average molecular weight is 264 g/mol. The SMILES string of the molecule is CC1=C2CC(=C1O)C13C=Cc4ccc(C)c(C)c4C21O3. The van der Waals surface area contributed by atoms with Crippen LogP contribution in [0.3, 0.4) is 0 Å². The molecule has 5 rings (SSSR count). The molecule has 1 aromatic carbocycles. The number of epoxide rings is 1. The summed E-state index contributed by atoms with van der Waals surface area (Å²) in [7, 11) is 0. The van der Waals surface area contributed by atoms with Crippen LogP contribution in [0.5, 0.6) is 0 Å². The summed E-state index contributed by atoms with van der Waals surface area (Å²) in [6, 6.07) is 4.36. The van der Waals surface area contributed by atoms with Gasteiger partial charge in [-0.15, -0.1) is 0 Å².